The van der Waals surface area contributed by atoms with Crippen molar-refractivity contribution in [1.82, 2.24) is 20.0 Å². The zero-order valence-electron chi connectivity index (χ0n) is 11.6. The second-order valence-electron chi connectivity index (χ2n) is 5.22. The second-order valence-corrected chi connectivity index (χ2v) is 5.22. The highest BCUT2D eigenvalue weighted by Gasteiger charge is 2.27. The Kier molecular flexibility index (Phi) is 4.60. The van der Waals surface area contributed by atoms with Crippen molar-refractivity contribution in [3.8, 4) is 0 Å². The van der Waals surface area contributed by atoms with E-state index in [1.54, 1.807) is 10.9 Å². The van der Waals surface area contributed by atoms with Gasteiger partial charge in [-0.1, -0.05) is 0 Å². The van der Waals surface area contributed by atoms with Gasteiger partial charge in [0, 0.05) is 26.3 Å². The maximum absolute atomic E-state index is 12.0. The fourth-order valence-electron chi connectivity index (χ4n) is 2.02. The number of aromatic nitrogens is 2. The van der Waals surface area contributed by atoms with E-state index in [0.29, 0.717) is 25.4 Å². The Labute approximate surface area is 117 Å². The number of urea groups is 1. The number of amides is 2. The lowest BCUT2D eigenvalue weighted by Gasteiger charge is -2.20. The van der Waals surface area contributed by atoms with Crippen LogP contribution < -0.4 is 5.32 Å². The molecule has 0 radical (unpaired) electrons. The van der Waals surface area contributed by atoms with Gasteiger partial charge >= 0.3 is 12.0 Å². The standard InChI is InChI=1S/C13H20N4O3/c1-16-7-11(6-15-16)4-5-14-13(20)17(9-12(18)19)8-10-2-3-10/h6-7,10H,2-5,8-9H2,1H3,(H,14,20)(H,18,19). The van der Waals surface area contributed by atoms with Gasteiger partial charge in [-0.15, -0.1) is 0 Å². The molecule has 1 saturated carbocycles. The van der Waals surface area contributed by atoms with E-state index in [1.807, 2.05) is 13.2 Å². The Hall–Kier alpha value is -2.05. The summed E-state index contributed by atoms with van der Waals surface area (Å²) in [6, 6.07) is -0.303. The third-order valence-corrected chi connectivity index (χ3v) is 3.24. The van der Waals surface area contributed by atoms with Crippen molar-refractivity contribution in [3.05, 3.63) is 18.0 Å². The molecule has 0 spiro atoms. The number of rotatable bonds is 7. The van der Waals surface area contributed by atoms with Gasteiger partial charge in [0.1, 0.15) is 6.54 Å². The van der Waals surface area contributed by atoms with Crippen LogP contribution in [0.3, 0.4) is 0 Å². The largest absolute Gasteiger partial charge is 0.480 e. The fourth-order valence-corrected chi connectivity index (χ4v) is 2.02. The number of carbonyl (C=O) groups excluding carboxylic acids is 1. The molecule has 1 aliphatic rings. The maximum Gasteiger partial charge on any atom is 0.323 e. The van der Waals surface area contributed by atoms with E-state index >= 15 is 0 Å². The molecule has 1 aromatic rings. The van der Waals surface area contributed by atoms with Gasteiger partial charge in [-0.3, -0.25) is 9.48 Å². The molecule has 0 aliphatic heterocycles. The molecular weight excluding hydrogens is 260 g/mol. The van der Waals surface area contributed by atoms with Gasteiger partial charge in [-0.25, -0.2) is 4.79 Å². The molecule has 1 heterocycles. The Morgan fingerprint density at radius 2 is 2.30 bits per heavy atom. The predicted octanol–water partition coefficient (Wildman–Crippen LogP) is 0.469. The summed E-state index contributed by atoms with van der Waals surface area (Å²) in [6.45, 7) is 0.769. The van der Waals surface area contributed by atoms with E-state index in [4.69, 9.17) is 5.11 Å². The van der Waals surface area contributed by atoms with Gasteiger partial charge in [0.2, 0.25) is 0 Å². The summed E-state index contributed by atoms with van der Waals surface area (Å²) in [5, 5.41) is 15.7. The molecule has 0 atom stereocenters. The van der Waals surface area contributed by atoms with Crippen LogP contribution in [0, 0.1) is 5.92 Å². The van der Waals surface area contributed by atoms with Crippen LogP contribution in [0.2, 0.25) is 0 Å². The van der Waals surface area contributed by atoms with Crippen molar-refractivity contribution in [1.29, 1.82) is 0 Å². The Bertz CT molecular complexity index is 482. The van der Waals surface area contributed by atoms with Gasteiger partial charge < -0.3 is 15.3 Å². The first kappa shape index (κ1) is 14.4. The highest BCUT2D eigenvalue weighted by molar-refractivity contribution is 5.80. The number of hydrogen-bond donors (Lipinski definition) is 2. The van der Waals surface area contributed by atoms with Crippen LogP contribution in [0.15, 0.2) is 12.4 Å². The molecule has 0 unspecified atom stereocenters. The summed E-state index contributed by atoms with van der Waals surface area (Å²) < 4.78 is 1.71. The molecular formula is C13H20N4O3. The number of carboxylic acids is 1. The predicted molar refractivity (Wildman–Crippen MR) is 72.2 cm³/mol. The van der Waals surface area contributed by atoms with Crippen molar-refractivity contribution < 1.29 is 14.7 Å². The molecule has 7 heteroatoms. The van der Waals surface area contributed by atoms with E-state index < -0.39 is 5.97 Å². The molecule has 7 nitrogen and oxygen atoms in total. The molecule has 1 fully saturated rings. The molecule has 0 aromatic carbocycles. The number of carboxylic acid groups (broad SMARTS) is 1. The third-order valence-electron chi connectivity index (χ3n) is 3.24. The average molecular weight is 280 g/mol. The lowest BCUT2D eigenvalue weighted by molar-refractivity contribution is -0.137. The van der Waals surface area contributed by atoms with E-state index in [2.05, 4.69) is 10.4 Å². The van der Waals surface area contributed by atoms with Crippen molar-refractivity contribution >= 4 is 12.0 Å². The van der Waals surface area contributed by atoms with Crippen LogP contribution in [0.25, 0.3) is 0 Å². The van der Waals surface area contributed by atoms with E-state index in [1.165, 1.54) is 4.90 Å². The SMILES string of the molecule is Cn1cc(CCNC(=O)N(CC(=O)O)CC2CC2)cn1. The quantitative estimate of drug-likeness (QED) is 0.760. The molecule has 2 rings (SSSR count). The Morgan fingerprint density at radius 1 is 1.55 bits per heavy atom. The number of nitrogens with zero attached hydrogens (tertiary/aromatic N) is 3. The second kappa shape index (κ2) is 6.40. The molecule has 0 bridgehead atoms. The lowest BCUT2D eigenvalue weighted by atomic mass is 10.2. The summed E-state index contributed by atoms with van der Waals surface area (Å²) in [7, 11) is 1.84. The summed E-state index contributed by atoms with van der Waals surface area (Å²) in [5.74, 6) is -0.508. The smallest absolute Gasteiger partial charge is 0.323 e. The highest BCUT2D eigenvalue weighted by atomic mass is 16.4. The van der Waals surface area contributed by atoms with Crippen LogP contribution in [0.4, 0.5) is 4.79 Å². The zero-order valence-corrected chi connectivity index (χ0v) is 11.6. The molecule has 1 aromatic heterocycles. The van der Waals surface area contributed by atoms with Gasteiger partial charge in [0.25, 0.3) is 0 Å². The molecule has 20 heavy (non-hydrogen) atoms. The molecule has 0 saturated heterocycles. The van der Waals surface area contributed by atoms with Gasteiger partial charge in [-0.2, -0.15) is 5.10 Å². The minimum absolute atomic E-state index is 0.241. The van der Waals surface area contributed by atoms with E-state index in [-0.39, 0.29) is 12.6 Å². The number of carbonyl (C=O) groups is 2. The summed E-state index contributed by atoms with van der Waals surface area (Å²) in [6.07, 6.45) is 6.50. The molecule has 2 amide bonds. The average Bonchev–Trinajstić information content (AvgIpc) is 3.09. The zero-order chi connectivity index (χ0) is 14.5. The van der Waals surface area contributed by atoms with Crippen molar-refractivity contribution in [2.24, 2.45) is 13.0 Å². The van der Waals surface area contributed by atoms with Gasteiger partial charge in [-0.05, 0) is 30.7 Å². The van der Waals surface area contributed by atoms with Crippen LogP contribution in [-0.2, 0) is 18.3 Å². The summed E-state index contributed by atoms with van der Waals surface area (Å²) in [4.78, 5) is 24.1. The molecule has 1 aliphatic carbocycles. The monoisotopic (exact) mass is 280 g/mol. The fraction of sp³-hybridized carbons (Fsp3) is 0.615. The summed E-state index contributed by atoms with van der Waals surface area (Å²) >= 11 is 0. The van der Waals surface area contributed by atoms with Crippen LogP contribution in [0.1, 0.15) is 18.4 Å². The third kappa shape index (κ3) is 4.56. The molecule has 2 N–H and O–H groups in total. The topological polar surface area (TPSA) is 87.5 Å². The number of aryl methyl sites for hydroxylation is 1. The van der Waals surface area contributed by atoms with Crippen molar-refractivity contribution in [2.45, 2.75) is 19.3 Å². The van der Waals surface area contributed by atoms with E-state index in [9.17, 15) is 9.59 Å². The number of hydrogen-bond acceptors (Lipinski definition) is 3. The van der Waals surface area contributed by atoms with E-state index in [0.717, 1.165) is 18.4 Å². The number of aliphatic carboxylic acids is 1. The Morgan fingerprint density at radius 3 is 2.85 bits per heavy atom. The molecule has 110 valence electrons. The van der Waals surface area contributed by atoms with Crippen LogP contribution in [0.5, 0.6) is 0 Å². The number of nitrogens with one attached hydrogen (secondary N) is 1. The summed E-state index contributed by atoms with van der Waals surface area (Å²) in [5.41, 5.74) is 1.04. The lowest BCUT2D eigenvalue weighted by Crippen LogP contribution is -2.44. The van der Waals surface area contributed by atoms with Crippen LogP contribution in [-0.4, -0.2) is 51.4 Å². The van der Waals surface area contributed by atoms with Crippen molar-refractivity contribution in [2.75, 3.05) is 19.6 Å². The van der Waals surface area contributed by atoms with Crippen LogP contribution >= 0.6 is 0 Å². The first-order valence-corrected chi connectivity index (χ1v) is 6.76. The highest BCUT2D eigenvalue weighted by Crippen LogP contribution is 2.29. The first-order chi connectivity index (χ1) is 9.54. The normalized spacial score (nSPS) is 14.1. The van der Waals surface area contributed by atoms with Gasteiger partial charge in [0.15, 0.2) is 0 Å². The first-order valence-electron chi connectivity index (χ1n) is 6.76. The minimum atomic E-state index is -0.979. The maximum atomic E-state index is 12.0. The minimum Gasteiger partial charge on any atom is -0.480 e. The Balaban J connectivity index is 1.76. The van der Waals surface area contributed by atoms with Gasteiger partial charge in [0.05, 0.1) is 6.20 Å². The van der Waals surface area contributed by atoms with Crippen molar-refractivity contribution in [3.63, 3.8) is 0 Å².